The minimum Gasteiger partial charge on any atom is -0.326 e. The number of carbonyl (C=O) groups excluding carboxylic acids is 1. The number of carbonyl (C=O) groups is 1. The fraction of sp³-hybridized carbons (Fsp3) is 0.500. The molecule has 0 atom stereocenters. The van der Waals surface area contributed by atoms with Crippen LogP contribution in [0.1, 0.15) is 26.3 Å². The molecule has 0 aliphatic heterocycles. The summed E-state index contributed by atoms with van der Waals surface area (Å²) in [4.78, 5) is 14.1. The lowest BCUT2D eigenvalue weighted by atomic mass is 10.2. The van der Waals surface area contributed by atoms with Crippen LogP contribution < -0.4 is 11.1 Å². The second kappa shape index (κ2) is 7.13. The highest BCUT2D eigenvalue weighted by molar-refractivity contribution is 5.93. The number of nitrogens with two attached hydrogens (primary N) is 1. The van der Waals surface area contributed by atoms with Gasteiger partial charge in [-0.2, -0.15) is 0 Å². The van der Waals surface area contributed by atoms with Crippen LogP contribution in [0.5, 0.6) is 0 Å². The largest absolute Gasteiger partial charge is 0.326 e. The zero-order chi connectivity index (χ0) is 13.5. The topological polar surface area (TPSA) is 58.4 Å². The van der Waals surface area contributed by atoms with Crippen molar-refractivity contribution >= 4 is 11.6 Å². The minimum atomic E-state index is 0.00597. The maximum absolute atomic E-state index is 12.0. The van der Waals surface area contributed by atoms with Crippen LogP contribution in [0.25, 0.3) is 0 Å². The Labute approximate surface area is 109 Å². The number of nitrogens with one attached hydrogen (secondary N) is 1. The van der Waals surface area contributed by atoms with Crippen LogP contribution in [0.4, 0.5) is 5.69 Å². The first-order valence-corrected chi connectivity index (χ1v) is 6.40. The van der Waals surface area contributed by atoms with Crippen molar-refractivity contribution in [2.75, 3.05) is 18.4 Å². The first kappa shape index (κ1) is 14.7. The van der Waals surface area contributed by atoms with Crippen molar-refractivity contribution in [3.63, 3.8) is 0 Å². The molecule has 0 aromatic heterocycles. The Morgan fingerprint density at radius 1 is 1.39 bits per heavy atom. The first-order chi connectivity index (χ1) is 8.58. The predicted octanol–water partition coefficient (Wildman–Crippen LogP) is 1.81. The lowest BCUT2D eigenvalue weighted by molar-refractivity contribution is -0.117. The fourth-order valence-electron chi connectivity index (χ4n) is 1.85. The number of hydrogen-bond donors (Lipinski definition) is 2. The van der Waals surface area contributed by atoms with E-state index in [0.717, 1.165) is 17.8 Å². The maximum atomic E-state index is 12.0. The number of hydrogen-bond acceptors (Lipinski definition) is 3. The molecule has 1 aromatic carbocycles. The van der Waals surface area contributed by atoms with Gasteiger partial charge in [0, 0.05) is 18.3 Å². The smallest absolute Gasteiger partial charge is 0.238 e. The van der Waals surface area contributed by atoms with E-state index in [9.17, 15) is 4.79 Å². The molecule has 0 radical (unpaired) electrons. The van der Waals surface area contributed by atoms with E-state index in [4.69, 9.17) is 5.73 Å². The molecule has 3 N–H and O–H groups in total. The highest BCUT2D eigenvalue weighted by atomic mass is 16.2. The van der Waals surface area contributed by atoms with Crippen molar-refractivity contribution in [3.8, 4) is 0 Å². The third-order valence-corrected chi connectivity index (χ3v) is 2.99. The van der Waals surface area contributed by atoms with E-state index in [2.05, 4.69) is 31.0 Å². The van der Waals surface area contributed by atoms with Gasteiger partial charge in [0.15, 0.2) is 0 Å². The molecule has 4 heteroatoms. The molecular formula is C14H23N3O. The SMILES string of the molecule is CCN(CC(=O)Nc1ccccc1CN)C(C)C. The Kier molecular flexibility index (Phi) is 5.82. The van der Waals surface area contributed by atoms with E-state index in [1.807, 2.05) is 24.3 Å². The summed E-state index contributed by atoms with van der Waals surface area (Å²) in [5.74, 6) is 0.00597. The molecule has 18 heavy (non-hydrogen) atoms. The molecule has 0 aliphatic rings. The van der Waals surface area contributed by atoms with Gasteiger partial charge in [-0.1, -0.05) is 25.1 Å². The van der Waals surface area contributed by atoms with Gasteiger partial charge >= 0.3 is 0 Å². The van der Waals surface area contributed by atoms with E-state index in [-0.39, 0.29) is 5.91 Å². The summed E-state index contributed by atoms with van der Waals surface area (Å²) in [5, 5.41) is 2.92. The van der Waals surface area contributed by atoms with Crippen LogP contribution in [0.15, 0.2) is 24.3 Å². The van der Waals surface area contributed by atoms with Gasteiger partial charge in [-0.25, -0.2) is 0 Å². The van der Waals surface area contributed by atoms with Crippen molar-refractivity contribution in [1.82, 2.24) is 4.90 Å². The molecule has 4 nitrogen and oxygen atoms in total. The second-order valence-corrected chi connectivity index (χ2v) is 4.57. The number of benzene rings is 1. The first-order valence-electron chi connectivity index (χ1n) is 6.40. The van der Waals surface area contributed by atoms with Gasteiger partial charge in [0.1, 0.15) is 0 Å². The Bertz CT molecular complexity index is 390. The molecule has 0 saturated heterocycles. The lowest BCUT2D eigenvalue weighted by Gasteiger charge is -2.24. The second-order valence-electron chi connectivity index (χ2n) is 4.57. The van der Waals surface area contributed by atoms with Gasteiger partial charge in [-0.05, 0) is 32.0 Å². The number of nitrogens with zero attached hydrogens (tertiary/aromatic N) is 1. The van der Waals surface area contributed by atoms with Crippen LogP contribution in [0.3, 0.4) is 0 Å². The molecule has 0 heterocycles. The van der Waals surface area contributed by atoms with E-state index < -0.39 is 0 Å². The Balaban J connectivity index is 2.64. The van der Waals surface area contributed by atoms with Crippen LogP contribution >= 0.6 is 0 Å². The molecular weight excluding hydrogens is 226 g/mol. The zero-order valence-corrected chi connectivity index (χ0v) is 11.4. The quantitative estimate of drug-likeness (QED) is 0.808. The summed E-state index contributed by atoms with van der Waals surface area (Å²) in [6, 6.07) is 7.99. The molecule has 0 saturated carbocycles. The molecule has 0 aliphatic carbocycles. The van der Waals surface area contributed by atoms with Crippen molar-refractivity contribution in [2.45, 2.75) is 33.4 Å². The number of para-hydroxylation sites is 1. The van der Waals surface area contributed by atoms with E-state index in [0.29, 0.717) is 19.1 Å². The zero-order valence-electron chi connectivity index (χ0n) is 11.4. The van der Waals surface area contributed by atoms with E-state index >= 15 is 0 Å². The van der Waals surface area contributed by atoms with Gasteiger partial charge in [-0.15, -0.1) is 0 Å². The fourth-order valence-corrected chi connectivity index (χ4v) is 1.85. The van der Waals surface area contributed by atoms with Crippen molar-refractivity contribution in [3.05, 3.63) is 29.8 Å². The minimum absolute atomic E-state index is 0.00597. The summed E-state index contributed by atoms with van der Waals surface area (Å²) >= 11 is 0. The van der Waals surface area contributed by atoms with Gasteiger partial charge < -0.3 is 11.1 Å². The lowest BCUT2D eigenvalue weighted by Crippen LogP contribution is -2.37. The summed E-state index contributed by atoms with van der Waals surface area (Å²) in [6.45, 7) is 7.94. The molecule has 1 amide bonds. The third kappa shape index (κ3) is 4.13. The Morgan fingerprint density at radius 2 is 2.06 bits per heavy atom. The highest BCUT2D eigenvalue weighted by Crippen LogP contribution is 2.14. The standard InChI is InChI=1S/C14H23N3O/c1-4-17(11(2)3)10-14(18)16-13-8-6-5-7-12(13)9-15/h5-8,11H,4,9-10,15H2,1-3H3,(H,16,18). The van der Waals surface area contributed by atoms with Gasteiger partial charge in [0.05, 0.1) is 6.54 Å². The summed E-state index contributed by atoms with van der Waals surface area (Å²) in [7, 11) is 0. The molecule has 0 unspecified atom stereocenters. The summed E-state index contributed by atoms with van der Waals surface area (Å²) in [6.07, 6.45) is 0. The number of likely N-dealkylation sites (N-methyl/N-ethyl adjacent to an activating group) is 1. The van der Waals surface area contributed by atoms with Crippen molar-refractivity contribution < 1.29 is 4.79 Å². The van der Waals surface area contributed by atoms with Crippen LogP contribution in [0.2, 0.25) is 0 Å². The normalized spacial score (nSPS) is 11.0. The van der Waals surface area contributed by atoms with Crippen LogP contribution in [-0.4, -0.2) is 29.9 Å². The van der Waals surface area contributed by atoms with Crippen LogP contribution in [0, 0.1) is 0 Å². The van der Waals surface area contributed by atoms with Gasteiger partial charge in [0.25, 0.3) is 0 Å². The number of rotatable bonds is 6. The molecule has 1 rings (SSSR count). The average Bonchev–Trinajstić information content (AvgIpc) is 2.36. The molecule has 0 fully saturated rings. The Morgan fingerprint density at radius 3 is 2.61 bits per heavy atom. The maximum Gasteiger partial charge on any atom is 0.238 e. The molecule has 0 spiro atoms. The summed E-state index contributed by atoms with van der Waals surface area (Å²) in [5.41, 5.74) is 7.41. The number of anilines is 1. The Hall–Kier alpha value is -1.39. The predicted molar refractivity (Wildman–Crippen MR) is 75.3 cm³/mol. The third-order valence-electron chi connectivity index (χ3n) is 2.99. The highest BCUT2D eigenvalue weighted by Gasteiger charge is 2.12. The van der Waals surface area contributed by atoms with Gasteiger partial charge in [0.2, 0.25) is 5.91 Å². The molecule has 100 valence electrons. The van der Waals surface area contributed by atoms with Crippen LogP contribution in [-0.2, 0) is 11.3 Å². The monoisotopic (exact) mass is 249 g/mol. The van der Waals surface area contributed by atoms with Crippen molar-refractivity contribution in [2.24, 2.45) is 5.73 Å². The van der Waals surface area contributed by atoms with E-state index in [1.54, 1.807) is 0 Å². The summed E-state index contributed by atoms with van der Waals surface area (Å²) < 4.78 is 0. The average molecular weight is 249 g/mol. The molecule has 1 aromatic rings. The van der Waals surface area contributed by atoms with Gasteiger partial charge in [-0.3, -0.25) is 9.69 Å². The molecule has 0 bridgehead atoms. The number of amides is 1. The van der Waals surface area contributed by atoms with E-state index in [1.165, 1.54) is 0 Å². The van der Waals surface area contributed by atoms with Crippen molar-refractivity contribution in [1.29, 1.82) is 0 Å².